The van der Waals surface area contributed by atoms with E-state index in [1.807, 2.05) is 0 Å². The summed E-state index contributed by atoms with van der Waals surface area (Å²) in [6, 6.07) is 34.3. The van der Waals surface area contributed by atoms with Crippen LogP contribution in [0.15, 0.2) is 97.1 Å². The molecule has 4 heteroatoms. The second-order valence-electron chi connectivity index (χ2n) is 10.1. The Morgan fingerprint density at radius 1 is 0.588 bits per heavy atom. The molecule has 0 atom stereocenters. The first-order chi connectivity index (χ1) is 16.4. The molecule has 0 saturated carbocycles. The van der Waals surface area contributed by atoms with E-state index in [4.69, 9.17) is 9.31 Å². The zero-order valence-electron chi connectivity index (χ0n) is 20.1. The van der Waals surface area contributed by atoms with Crippen LogP contribution in [0.3, 0.4) is 0 Å². The molecule has 0 radical (unpaired) electrons. The minimum Gasteiger partial charge on any atom is -0.399 e. The van der Waals surface area contributed by atoms with Crippen molar-refractivity contribution >= 4 is 34.4 Å². The van der Waals surface area contributed by atoms with Gasteiger partial charge in [0.25, 0.3) is 0 Å². The van der Waals surface area contributed by atoms with E-state index in [2.05, 4.69) is 129 Å². The molecule has 2 heterocycles. The van der Waals surface area contributed by atoms with Crippen LogP contribution in [0.2, 0.25) is 0 Å². The molecule has 4 aromatic carbocycles. The van der Waals surface area contributed by atoms with Gasteiger partial charge in [0.2, 0.25) is 0 Å². The summed E-state index contributed by atoms with van der Waals surface area (Å²) >= 11 is 0. The number of para-hydroxylation sites is 2. The lowest BCUT2D eigenvalue weighted by molar-refractivity contribution is 0.00578. The first-order valence-corrected chi connectivity index (χ1v) is 11.9. The molecular formula is C30H28BNO2. The van der Waals surface area contributed by atoms with E-state index in [0.717, 1.165) is 16.7 Å². The van der Waals surface area contributed by atoms with Gasteiger partial charge in [0.05, 0.1) is 22.2 Å². The monoisotopic (exact) mass is 445 g/mol. The maximum atomic E-state index is 6.46. The number of rotatable bonds is 3. The smallest absolute Gasteiger partial charge is 0.399 e. The van der Waals surface area contributed by atoms with Crippen LogP contribution >= 0.6 is 0 Å². The van der Waals surface area contributed by atoms with Gasteiger partial charge in [-0.2, -0.15) is 0 Å². The second-order valence-corrected chi connectivity index (χ2v) is 10.1. The van der Waals surface area contributed by atoms with Crippen LogP contribution < -0.4 is 5.46 Å². The molecule has 168 valence electrons. The fraction of sp³-hybridized carbons (Fsp3) is 0.200. The summed E-state index contributed by atoms with van der Waals surface area (Å²) in [7, 11) is -0.418. The van der Waals surface area contributed by atoms with Crippen molar-refractivity contribution in [2.75, 3.05) is 0 Å². The Bertz CT molecular complexity index is 1500. The third-order valence-electron chi connectivity index (χ3n) is 7.47. The third-order valence-corrected chi connectivity index (χ3v) is 7.47. The predicted octanol–water partition coefficient (Wildman–Crippen LogP) is 6.75. The van der Waals surface area contributed by atoms with E-state index in [1.165, 1.54) is 27.4 Å². The molecule has 0 amide bonds. The Morgan fingerprint density at radius 3 is 1.94 bits per heavy atom. The fourth-order valence-corrected chi connectivity index (χ4v) is 5.02. The molecule has 5 aromatic rings. The summed E-state index contributed by atoms with van der Waals surface area (Å²) in [5.74, 6) is 0. The van der Waals surface area contributed by atoms with Gasteiger partial charge in [-0.3, -0.25) is 0 Å². The fourth-order valence-electron chi connectivity index (χ4n) is 5.02. The lowest BCUT2D eigenvalue weighted by atomic mass is 9.74. The first-order valence-electron chi connectivity index (χ1n) is 11.9. The van der Waals surface area contributed by atoms with E-state index in [1.54, 1.807) is 0 Å². The highest BCUT2D eigenvalue weighted by Gasteiger charge is 2.52. The van der Waals surface area contributed by atoms with Gasteiger partial charge in [-0.25, -0.2) is 0 Å². The highest BCUT2D eigenvalue weighted by molar-refractivity contribution is 6.64. The number of nitrogens with zero attached hydrogens (tertiary/aromatic N) is 1. The quantitative estimate of drug-likeness (QED) is 0.287. The summed E-state index contributed by atoms with van der Waals surface area (Å²) in [5.41, 5.74) is 6.16. The minimum absolute atomic E-state index is 0.389. The molecule has 1 aliphatic rings. The normalized spacial score (nSPS) is 17.0. The van der Waals surface area contributed by atoms with Crippen molar-refractivity contribution in [1.82, 2.24) is 4.57 Å². The standard InChI is InChI=1S/C30H28BNO2/c1-29(2)30(3,4)34-31(33-29)25-18-10-8-15-22(25)23-17-12-20-27-28(23)24-16-9-11-19-26(24)32(27)21-13-6-5-7-14-21/h5-20H,1-4H3. The Balaban J connectivity index is 1.62. The van der Waals surface area contributed by atoms with Crippen LogP contribution in [0.1, 0.15) is 27.7 Å². The van der Waals surface area contributed by atoms with Crippen LogP contribution in [0.5, 0.6) is 0 Å². The van der Waals surface area contributed by atoms with E-state index in [9.17, 15) is 0 Å². The average Bonchev–Trinajstić information content (AvgIpc) is 3.29. The minimum atomic E-state index is -0.418. The van der Waals surface area contributed by atoms with Crippen molar-refractivity contribution in [3.05, 3.63) is 97.1 Å². The van der Waals surface area contributed by atoms with Crippen molar-refractivity contribution in [3.8, 4) is 16.8 Å². The van der Waals surface area contributed by atoms with Crippen LogP contribution in [-0.2, 0) is 9.31 Å². The largest absolute Gasteiger partial charge is 0.495 e. The van der Waals surface area contributed by atoms with E-state index in [-0.39, 0.29) is 11.2 Å². The highest BCUT2D eigenvalue weighted by atomic mass is 16.7. The molecule has 0 N–H and O–H groups in total. The Hall–Kier alpha value is -3.34. The van der Waals surface area contributed by atoms with Gasteiger partial charge in [0, 0.05) is 16.5 Å². The topological polar surface area (TPSA) is 23.4 Å². The average molecular weight is 445 g/mol. The molecular weight excluding hydrogens is 417 g/mol. The van der Waals surface area contributed by atoms with Crippen LogP contribution in [0.4, 0.5) is 0 Å². The molecule has 34 heavy (non-hydrogen) atoms. The summed E-state index contributed by atoms with van der Waals surface area (Å²) in [5, 5.41) is 2.48. The number of fused-ring (bicyclic) bond motifs is 3. The van der Waals surface area contributed by atoms with Gasteiger partial charge < -0.3 is 13.9 Å². The van der Waals surface area contributed by atoms with E-state index < -0.39 is 7.12 Å². The SMILES string of the molecule is CC1(C)OB(c2ccccc2-c2cccc3c2c2ccccc2n3-c2ccccc2)OC1(C)C. The maximum absolute atomic E-state index is 6.46. The zero-order chi connectivity index (χ0) is 23.5. The van der Waals surface area contributed by atoms with E-state index >= 15 is 0 Å². The van der Waals surface area contributed by atoms with Gasteiger partial charge >= 0.3 is 7.12 Å². The summed E-state index contributed by atoms with van der Waals surface area (Å²) in [4.78, 5) is 0. The van der Waals surface area contributed by atoms with Gasteiger partial charge in [-0.15, -0.1) is 0 Å². The van der Waals surface area contributed by atoms with Crippen LogP contribution in [0, 0.1) is 0 Å². The molecule has 1 aromatic heterocycles. The molecule has 1 aliphatic heterocycles. The molecule has 0 unspecified atom stereocenters. The Kier molecular flexibility index (Phi) is 4.74. The van der Waals surface area contributed by atoms with Gasteiger partial charge in [-0.05, 0) is 68.6 Å². The van der Waals surface area contributed by atoms with Gasteiger partial charge in [0.15, 0.2) is 0 Å². The highest BCUT2D eigenvalue weighted by Crippen LogP contribution is 2.40. The lowest BCUT2D eigenvalue weighted by Crippen LogP contribution is -2.41. The molecule has 6 rings (SSSR count). The molecule has 1 saturated heterocycles. The summed E-state index contributed by atoms with van der Waals surface area (Å²) in [6.07, 6.45) is 0. The molecule has 0 aliphatic carbocycles. The zero-order valence-corrected chi connectivity index (χ0v) is 20.1. The number of benzene rings is 4. The van der Waals surface area contributed by atoms with Gasteiger partial charge in [0.1, 0.15) is 0 Å². The van der Waals surface area contributed by atoms with Crippen molar-refractivity contribution in [2.24, 2.45) is 0 Å². The van der Waals surface area contributed by atoms with Crippen LogP contribution in [-0.4, -0.2) is 22.9 Å². The van der Waals surface area contributed by atoms with Crippen molar-refractivity contribution in [3.63, 3.8) is 0 Å². The predicted molar refractivity (Wildman–Crippen MR) is 142 cm³/mol. The summed E-state index contributed by atoms with van der Waals surface area (Å²) < 4.78 is 15.3. The molecule has 3 nitrogen and oxygen atoms in total. The molecule has 1 fully saturated rings. The number of aromatic nitrogens is 1. The molecule has 0 bridgehead atoms. The first kappa shape index (κ1) is 21.2. The second kappa shape index (κ2) is 7.59. The molecule has 0 spiro atoms. The maximum Gasteiger partial charge on any atom is 0.495 e. The Labute approximate surface area is 201 Å². The van der Waals surface area contributed by atoms with Crippen molar-refractivity contribution < 1.29 is 9.31 Å². The number of hydrogen-bond donors (Lipinski definition) is 0. The van der Waals surface area contributed by atoms with E-state index in [0.29, 0.717) is 0 Å². The van der Waals surface area contributed by atoms with Gasteiger partial charge in [-0.1, -0.05) is 72.8 Å². The van der Waals surface area contributed by atoms with Crippen molar-refractivity contribution in [1.29, 1.82) is 0 Å². The third kappa shape index (κ3) is 3.13. The Morgan fingerprint density at radius 2 is 1.18 bits per heavy atom. The van der Waals surface area contributed by atoms with Crippen LogP contribution in [0.25, 0.3) is 38.6 Å². The number of hydrogen-bond acceptors (Lipinski definition) is 2. The lowest BCUT2D eigenvalue weighted by Gasteiger charge is -2.32. The summed E-state index contributed by atoms with van der Waals surface area (Å²) in [6.45, 7) is 8.40. The van der Waals surface area contributed by atoms with Crippen molar-refractivity contribution in [2.45, 2.75) is 38.9 Å².